The van der Waals surface area contributed by atoms with Crippen molar-refractivity contribution in [1.29, 1.82) is 0 Å². The van der Waals surface area contributed by atoms with E-state index in [9.17, 15) is 0 Å². The zero-order valence-electron chi connectivity index (χ0n) is 18.2. The second-order valence-corrected chi connectivity index (χ2v) is 7.18. The van der Waals surface area contributed by atoms with E-state index in [2.05, 4.69) is 33.6 Å². The molecule has 2 aromatic heterocycles. The van der Waals surface area contributed by atoms with E-state index in [1.54, 1.807) is 13.2 Å². The Bertz CT molecular complexity index is 1160. The van der Waals surface area contributed by atoms with Crippen molar-refractivity contribution in [2.45, 2.75) is 26.6 Å². The summed E-state index contributed by atoms with van der Waals surface area (Å²) in [5, 5.41) is 7.80. The lowest BCUT2D eigenvalue weighted by atomic mass is 10.1. The van der Waals surface area contributed by atoms with Gasteiger partial charge >= 0.3 is 0 Å². The number of halogens is 1. The molecular weight excluding hydrogens is 515 g/mol. The summed E-state index contributed by atoms with van der Waals surface area (Å²) in [7, 11) is 1.76. The number of benzene rings is 2. The maximum atomic E-state index is 5.96. The number of aliphatic imine (C=N–C) groups is 1. The molecular formula is C25H27IN4O2. The van der Waals surface area contributed by atoms with E-state index in [0.29, 0.717) is 19.7 Å². The lowest BCUT2D eigenvalue weighted by molar-refractivity contribution is 0.301. The first-order valence-corrected chi connectivity index (χ1v) is 10.3. The number of hydrogen-bond donors (Lipinski definition) is 2. The highest BCUT2D eigenvalue weighted by atomic mass is 127. The molecule has 0 aliphatic rings. The fourth-order valence-corrected chi connectivity index (χ4v) is 3.31. The highest BCUT2D eigenvalue weighted by Gasteiger charge is 2.10. The van der Waals surface area contributed by atoms with Gasteiger partial charge in [0.05, 0.1) is 12.2 Å². The van der Waals surface area contributed by atoms with Gasteiger partial charge in [-0.2, -0.15) is 0 Å². The number of fused-ring (bicyclic) bond motifs is 1. The molecule has 7 heteroatoms. The Hall–Kier alpha value is -3.07. The van der Waals surface area contributed by atoms with Crippen LogP contribution in [0, 0.1) is 6.92 Å². The van der Waals surface area contributed by atoms with E-state index < -0.39 is 0 Å². The van der Waals surface area contributed by atoms with Crippen molar-refractivity contribution in [1.82, 2.24) is 15.6 Å². The van der Waals surface area contributed by atoms with Gasteiger partial charge in [0.1, 0.15) is 23.7 Å². The molecule has 2 aromatic carbocycles. The molecule has 0 fully saturated rings. The standard InChI is InChI=1S/C25H26N4O2.HI/c1-18-22-8-3-4-9-23(22)31-24(18)16-29-25(26-2)28-15-19-10-12-21(13-11-19)30-17-20-7-5-6-14-27-20;/h3-14H,15-17H2,1-2H3,(H2,26,28,29);1H. The first-order chi connectivity index (χ1) is 15.2. The number of hydrogen-bond acceptors (Lipinski definition) is 4. The van der Waals surface area contributed by atoms with Crippen molar-refractivity contribution in [3.63, 3.8) is 0 Å². The van der Waals surface area contributed by atoms with E-state index in [-0.39, 0.29) is 24.0 Å². The predicted octanol–water partition coefficient (Wildman–Crippen LogP) is 5.20. The predicted molar refractivity (Wildman–Crippen MR) is 138 cm³/mol. The number of pyridine rings is 1. The van der Waals surface area contributed by atoms with Gasteiger partial charge < -0.3 is 19.8 Å². The fraction of sp³-hybridized carbons (Fsp3) is 0.200. The van der Waals surface area contributed by atoms with Crippen molar-refractivity contribution in [3.05, 3.63) is 95.5 Å². The van der Waals surface area contributed by atoms with Crippen LogP contribution >= 0.6 is 24.0 Å². The molecule has 0 aliphatic heterocycles. The van der Waals surface area contributed by atoms with Gasteiger partial charge in [0, 0.05) is 30.7 Å². The van der Waals surface area contributed by atoms with E-state index in [1.807, 2.05) is 60.7 Å². The van der Waals surface area contributed by atoms with Crippen LogP contribution in [0.2, 0.25) is 0 Å². The average molecular weight is 542 g/mol. The van der Waals surface area contributed by atoms with Crippen LogP contribution in [-0.4, -0.2) is 18.0 Å². The molecule has 4 aromatic rings. The Morgan fingerprint density at radius 2 is 1.72 bits per heavy atom. The molecule has 6 nitrogen and oxygen atoms in total. The first kappa shape index (κ1) is 23.6. The largest absolute Gasteiger partial charge is 0.487 e. The molecule has 0 saturated heterocycles. The summed E-state index contributed by atoms with van der Waals surface area (Å²) in [5.74, 6) is 2.45. The molecule has 0 bridgehead atoms. The molecule has 2 N–H and O–H groups in total. The van der Waals surface area contributed by atoms with E-state index >= 15 is 0 Å². The van der Waals surface area contributed by atoms with Gasteiger partial charge in [0.2, 0.25) is 0 Å². The van der Waals surface area contributed by atoms with Gasteiger partial charge in [0.15, 0.2) is 5.96 Å². The van der Waals surface area contributed by atoms with E-state index in [0.717, 1.165) is 45.3 Å². The van der Waals surface area contributed by atoms with Crippen LogP contribution < -0.4 is 15.4 Å². The van der Waals surface area contributed by atoms with Crippen molar-refractivity contribution < 1.29 is 9.15 Å². The molecule has 4 rings (SSSR count). The molecule has 32 heavy (non-hydrogen) atoms. The normalized spacial score (nSPS) is 11.1. The van der Waals surface area contributed by atoms with Gasteiger partial charge in [0.25, 0.3) is 0 Å². The monoisotopic (exact) mass is 542 g/mol. The zero-order chi connectivity index (χ0) is 21.5. The lowest BCUT2D eigenvalue weighted by Crippen LogP contribution is -2.36. The number of nitrogens with zero attached hydrogens (tertiary/aromatic N) is 2. The summed E-state index contributed by atoms with van der Waals surface area (Å²) in [6, 6.07) is 21.9. The van der Waals surface area contributed by atoms with Crippen LogP contribution in [0.3, 0.4) is 0 Å². The summed E-state index contributed by atoms with van der Waals surface area (Å²) >= 11 is 0. The third-order valence-electron chi connectivity index (χ3n) is 5.08. The van der Waals surface area contributed by atoms with Gasteiger partial charge in [-0.3, -0.25) is 9.98 Å². The Morgan fingerprint density at radius 1 is 0.969 bits per heavy atom. The highest BCUT2D eigenvalue weighted by molar-refractivity contribution is 14.0. The SMILES string of the molecule is CN=C(NCc1ccc(OCc2ccccn2)cc1)NCc1oc2ccccc2c1C.I. The Kier molecular flexibility index (Phi) is 8.49. The van der Waals surface area contributed by atoms with Crippen molar-refractivity contribution in [2.75, 3.05) is 7.05 Å². The summed E-state index contributed by atoms with van der Waals surface area (Å²) < 4.78 is 11.7. The summed E-state index contributed by atoms with van der Waals surface area (Å²) in [6.45, 7) is 3.76. The second-order valence-electron chi connectivity index (χ2n) is 7.18. The summed E-state index contributed by atoms with van der Waals surface area (Å²) in [5.41, 5.74) is 4.10. The van der Waals surface area contributed by atoms with Crippen LogP contribution in [0.15, 0.2) is 82.3 Å². The number of aryl methyl sites for hydroxylation is 1. The Labute approximate surface area is 205 Å². The van der Waals surface area contributed by atoms with Crippen LogP contribution in [0.25, 0.3) is 11.0 Å². The first-order valence-electron chi connectivity index (χ1n) is 10.3. The van der Waals surface area contributed by atoms with Crippen LogP contribution in [0.4, 0.5) is 0 Å². The Morgan fingerprint density at radius 3 is 2.44 bits per heavy atom. The highest BCUT2D eigenvalue weighted by Crippen LogP contribution is 2.24. The third-order valence-corrected chi connectivity index (χ3v) is 5.08. The maximum absolute atomic E-state index is 5.96. The third kappa shape index (κ3) is 6.00. The maximum Gasteiger partial charge on any atom is 0.191 e. The molecule has 0 amide bonds. The molecule has 2 heterocycles. The number of rotatable bonds is 7. The van der Waals surface area contributed by atoms with Crippen LogP contribution in [-0.2, 0) is 19.7 Å². The van der Waals surface area contributed by atoms with E-state index in [1.165, 1.54) is 0 Å². The number of nitrogens with one attached hydrogen (secondary N) is 2. The molecule has 0 aliphatic carbocycles. The molecule has 0 saturated carbocycles. The van der Waals surface area contributed by atoms with Gasteiger partial charge in [-0.25, -0.2) is 0 Å². The van der Waals surface area contributed by atoms with Crippen molar-refractivity contribution in [2.24, 2.45) is 4.99 Å². The number of ether oxygens (including phenoxy) is 1. The second kappa shape index (κ2) is 11.5. The van der Waals surface area contributed by atoms with Gasteiger partial charge in [-0.05, 0) is 42.8 Å². The quantitative estimate of drug-likeness (QED) is 0.191. The lowest BCUT2D eigenvalue weighted by Gasteiger charge is -2.12. The number of guanidine groups is 1. The molecule has 0 radical (unpaired) electrons. The molecule has 0 unspecified atom stereocenters. The number of aromatic nitrogens is 1. The number of furan rings is 1. The molecule has 0 atom stereocenters. The fourth-order valence-electron chi connectivity index (χ4n) is 3.31. The van der Waals surface area contributed by atoms with Crippen LogP contribution in [0.5, 0.6) is 5.75 Å². The molecule has 166 valence electrons. The minimum atomic E-state index is 0. The minimum Gasteiger partial charge on any atom is -0.487 e. The van der Waals surface area contributed by atoms with Gasteiger partial charge in [-0.1, -0.05) is 36.4 Å². The van der Waals surface area contributed by atoms with Crippen LogP contribution in [0.1, 0.15) is 22.6 Å². The van der Waals surface area contributed by atoms with Crippen molar-refractivity contribution in [3.8, 4) is 5.75 Å². The topological polar surface area (TPSA) is 71.7 Å². The number of para-hydroxylation sites is 1. The van der Waals surface area contributed by atoms with E-state index in [4.69, 9.17) is 9.15 Å². The van der Waals surface area contributed by atoms with Gasteiger partial charge in [-0.15, -0.1) is 24.0 Å². The minimum absolute atomic E-state index is 0. The summed E-state index contributed by atoms with van der Waals surface area (Å²) in [6.07, 6.45) is 1.77. The Balaban J connectivity index is 0.00000289. The smallest absolute Gasteiger partial charge is 0.191 e. The van der Waals surface area contributed by atoms with Crippen molar-refractivity contribution >= 4 is 40.9 Å². The average Bonchev–Trinajstić information content (AvgIpc) is 3.15. The zero-order valence-corrected chi connectivity index (χ0v) is 20.5. The summed E-state index contributed by atoms with van der Waals surface area (Å²) in [4.78, 5) is 8.57. The molecule has 0 spiro atoms.